The quantitative estimate of drug-likeness (QED) is 0.543. The molecule has 2 N–H and O–H groups in total. The van der Waals surface area contributed by atoms with Crippen molar-refractivity contribution in [2.75, 3.05) is 6.79 Å². The summed E-state index contributed by atoms with van der Waals surface area (Å²) < 4.78 is 23.7. The van der Waals surface area contributed by atoms with Gasteiger partial charge in [-0.2, -0.15) is 10.5 Å². The van der Waals surface area contributed by atoms with Crippen molar-refractivity contribution in [3.63, 3.8) is 0 Å². The van der Waals surface area contributed by atoms with E-state index >= 15 is 0 Å². The number of fused-ring (bicyclic) bond motifs is 2. The van der Waals surface area contributed by atoms with E-state index in [1.165, 1.54) is 0 Å². The third-order valence-electron chi connectivity index (χ3n) is 5.51. The Kier molecular flexibility index (Phi) is 5.29. The largest absolute Gasteiger partial charge is 0.489 e. The summed E-state index contributed by atoms with van der Waals surface area (Å²) in [6.45, 7) is 0.303. The molecule has 0 spiro atoms. The Hall–Kier alpha value is -4.14. The van der Waals surface area contributed by atoms with Gasteiger partial charge in [-0.25, -0.2) is 0 Å². The van der Waals surface area contributed by atoms with Gasteiger partial charge in [0.1, 0.15) is 29.7 Å². The average molecular weight is 502 g/mol. The molecule has 0 bridgehead atoms. The van der Waals surface area contributed by atoms with Crippen LogP contribution in [0.3, 0.4) is 0 Å². The van der Waals surface area contributed by atoms with Crippen LogP contribution in [0.1, 0.15) is 28.2 Å². The number of nitriles is 2. The van der Waals surface area contributed by atoms with E-state index in [4.69, 9.17) is 24.7 Å². The van der Waals surface area contributed by atoms with E-state index in [2.05, 4.69) is 28.1 Å². The van der Waals surface area contributed by atoms with Crippen molar-refractivity contribution < 1.29 is 18.9 Å². The first-order valence-corrected chi connectivity index (χ1v) is 10.8. The van der Waals surface area contributed by atoms with Crippen LogP contribution < -0.4 is 24.7 Å². The van der Waals surface area contributed by atoms with Gasteiger partial charge in [-0.05, 0) is 30.3 Å². The van der Waals surface area contributed by atoms with Crippen molar-refractivity contribution in [3.8, 4) is 35.1 Å². The number of hydrogen-bond acceptors (Lipinski definition) is 7. The molecule has 0 unspecified atom stereocenters. The summed E-state index contributed by atoms with van der Waals surface area (Å²) >= 11 is 3.52. The van der Waals surface area contributed by atoms with E-state index < -0.39 is 5.92 Å². The molecule has 5 rings (SSSR count). The highest BCUT2D eigenvalue weighted by Crippen LogP contribution is 2.49. The lowest BCUT2D eigenvalue weighted by Crippen LogP contribution is -2.21. The molecular weight excluding hydrogens is 486 g/mol. The Balaban J connectivity index is 1.61. The second kappa shape index (κ2) is 8.42. The third-order valence-corrected chi connectivity index (χ3v) is 6.01. The molecule has 1 atom stereocenters. The average Bonchev–Trinajstić information content (AvgIpc) is 3.28. The highest BCUT2D eigenvalue weighted by molar-refractivity contribution is 9.10. The van der Waals surface area contributed by atoms with Crippen LogP contribution in [-0.4, -0.2) is 6.79 Å². The van der Waals surface area contributed by atoms with Crippen molar-refractivity contribution in [3.05, 3.63) is 92.8 Å². The molecule has 0 saturated carbocycles. The Bertz CT molecular complexity index is 1390. The second-order valence-electron chi connectivity index (χ2n) is 7.41. The fraction of sp³-hybridized carbons (Fsp3) is 0.120. The molecule has 2 aliphatic rings. The predicted octanol–water partition coefficient (Wildman–Crippen LogP) is 4.85. The molecule has 2 heterocycles. The number of benzene rings is 3. The van der Waals surface area contributed by atoms with Crippen molar-refractivity contribution in [2.45, 2.75) is 12.5 Å². The zero-order chi connectivity index (χ0) is 22.9. The van der Waals surface area contributed by atoms with Crippen LogP contribution in [0.5, 0.6) is 23.0 Å². The van der Waals surface area contributed by atoms with Crippen molar-refractivity contribution in [1.29, 1.82) is 10.5 Å². The van der Waals surface area contributed by atoms with Gasteiger partial charge in [0.2, 0.25) is 12.7 Å². The summed E-state index contributed by atoms with van der Waals surface area (Å²) in [6, 6.07) is 20.7. The van der Waals surface area contributed by atoms with E-state index in [1.54, 1.807) is 12.1 Å². The number of halogens is 1. The zero-order valence-corrected chi connectivity index (χ0v) is 18.8. The molecule has 7 nitrogen and oxygen atoms in total. The highest BCUT2D eigenvalue weighted by Gasteiger charge is 2.35. The van der Waals surface area contributed by atoms with Crippen LogP contribution >= 0.6 is 15.9 Å². The van der Waals surface area contributed by atoms with Gasteiger partial charge >= 0.3 is 0 Å². The summed E-state index contributed by atoms with van der Waals surface area (Å²) in [5, 5.41) is 19.3. The van der Waals surface area contributed by atoms with Gasteiger partial charge in [-0.3, -0.25) is 0 Å². The maximum absolute atomic E-state index is 9.94. The van der Waals surface area contributed by atoms with Crippen molar-refractivity contribution >= 4 is 15.9 Å². The molecule has 0 radical (unpaired) electrons. The van der Waals surface area contributed by atoms with Gasteiger partial charge in [0, 0.05) is 27.2 Å². The number of nitrogens with zero attached hydrogens (tertiary/aromatic N) is 2. The smallest absolute Gasteiger partial charge is 0.231 e. The minimum absolute atomic E-state index is 0.0228. The lowest BCUT2D eigenvalue weighted by atomic mass is 9.83. The monoisotopic (exact) mass is 501 g/mol. The molecule has 0 saturated heterocycles. The molecular formula is C25H16BrN3O4. The Morgan fingerprint density at radius 2 is 1.76 bits per heavy atom. The fourth-order valence-electron chi connectivity index (χ4n) is 3.95. The molecule has 3 aromatic rings. The molecule has 2 aliphatic heterocycles. The van der Waals surface area contributed by atoms with E-state index in [0.717, 1.165) is 15.6 Å². The minimum atomic E-state index is -0.549. The lowest BCUT2D eigenvalue weighted by molar-refractivity contribution is 0.174. The van der Waals surface area contributed by atoms with E-state index in [1.807, 2.05) is 42.5 Å². The molecule has 162 valence electrons. The molecule has 0 aliphatic carbocycles. The van der Waals surface area contributed by atoms with Gasteiger partial charge in [-0.15, -0.1) is 0 Å². The first-order valence-electron chi connectivity index (χ1n) is 10.0. The molecule has 3 aromatic carbocycles. The lowest BCUT2D eigenvalue weighted by Gasteiger charge is -2.28. The Labute approximate surface area is 198 Å². The predicted molar refractivity (Wildman–Crippen MR) is 121 cm³/mol. The topological polar surface area (TPSA) is 111 Å². The van der Waals surface area contributed by atoms with Gasteiger partial charge < -0.3 is 24.7 Å². The van der Waals surface area contributed by atoms with Crippen LogP contribution in [0.4, 0.5) is 0 Å². The first-order chi connectivity index (χ1) is 16.1. The van der Waals surface area contributed by atoms with Crippen LogP contribution in [0, 0.1) is 22.7 Å². The molecule has 0 fully saturated rings. The summed E-state index contributed by atoms with van der Waals surface area (Å²) in [5.41, 5.74) is 9.15. The minimum Gasteiger partial charge on any atom is -0.489 e. The number of hydrogen-bond donors (Lipinski definition) is 1. The summed E-state index contributed by atoms with van der Waals surface area (Å²) in [6.07, 6.45) is 0. The van der Waals surface area contributed by atoms with Crippen LogP contribution in [0.25, 0.3) is 0 Å². The van der Waals surface area contributed by atoms with Crippen LogP contribution in [0.15, 0.2) is 70.5 Å². The fourth-order valence-corrected chi connectivity index (χ4v) is 4.33. The maximum Gasteiger partial charge on any atom is 0.231 e. The second-order valence-corrected chi connectivity index (χ2v) is 8.32. The van der Waals surface area contributed by atoms with Crippen LogP contribution in [-0.2, 0) is 6.61 Å². The molecule has 0 amide bonds. The number of rotatable bonds is 4. The Morgan fingerprint density at radius 1 is 0.970 bits per heavy atom. The molecule has 8 heteroatoms. The standard InChI is InChI=1S/C25H16BrN3O4/c26-16-5-6-20(30-12-15-4-2-1-3-14(15)10-27)17(7-16)24-18-8-22-23(32-13-31-22)9-21(18)33-25(29)19(24)11-28/h1-9,24H,12-13,29H2/t24-/m0/s1. The van der Waals surface area contributed by atoms with Gasteiger partial charge in [0.15, 0.2) is 11.5 Å². The summed E-state index contributed by atoms with van der Waals surface area (Å²) in [4.78, 5) is 0. The molecule has 33 heavy (non-hydrogen) atoms. The highest BCUT2D eigenvalue weighted by atomic mass is 79.9. The molecule has 0 aromatic heterocycles. The summed E-state index contributed by atoms with van der Waals surface area (Å²) in [5.74, 6) is 1.64. The first kappa shape index (κ1) is 20.7. The normalized spacial score (nSPS) is 15.8. The Morgan fingerprint density at radius 3 is 2.55 bits per heavy atom. The SMILES string of the molecule is N#CC1=C(N)Oc2cc3c(cc2[C@@H]1c1cc(Br)ccc1OCc1ccccc1C#N)OCO3. The van der Waals surface area contributed by atoms with Gasteiger partial charge in [-0.1, -0.05) is 34.1 Å². The summed E-state index contributed by atoms with van der Waals surface area (Å²) in [7, 11) is 0. The van der Waals surface area contributed by atoms with Crippen molar-refractivity contribution in [1.82, 2.24) is 0 Å². The van der Waals surface area contributed by atoms with E-state index in [9.17, 15) is 10.5 Å². The maximum atomic E-state index is 9.94. The van der Waals surface area contributed by atoms with Crippen LogP contribution in [0.2, 0.25) is 0 Å². The number of nitrogens with two attached hydrogens (primary N) is 1. The number of ether oxygens (including phenoxy) is 4. The third kappa shape index (κ3) is 3.71. The van der Waals surface area contributed by atoms with Crippen molar-refractivity contribution in [2.24, 2.45) is 5.73 Å². The number of allylic oxidation sites excluding steroid dienone is 1. The van der Waals surface area contributed by atoms with E-state index in [-0.39, 0.29) is 24.9 Å². The zero-order valence-electron chi connectivity index (χ0n) is 17.2. The van der Waals surface area contributed by atoms with Gasteiger partial charge in [0.25, 0.3) is 0 Å². The van der Waals surface area contributed by atoms with E-state index in [0.29, 0.717) is 34.1 Å². The van der Waals surface area contributed by atoms with Gasteiger partial charge in [0.05, 0.1) is 17.6 Å².